The van der Waals surface area contributed by atoms with Crippen molar-refractivity contribution in [1.29, 1.82) is 0 Å². The SMILES string of the molecule is CC(=O)c1cnn(C(=O)N2CCC3(CCN(Cc4cc(C)cc(N5CCOCC5)c4)C3)C2)c1. The highest BCUT2D eigenvalue weighted by atomic mass is 16.5. The summed E-state index contributed by atoms with van der Waals surface area (Å²) < 4.78 is 6.82. The lowest BCUT2D eigenvalue weighted by atomic mass is 9.86. The Balaban J connectivity index is 1.21. The molecule has 1 spiro atoms. The minimum atomic E-state index is -0.133. The van der Waals surface area contributed by atoms with Gasteiger partial charge >= 0.3 is 6.03 Å². The largest absolute Gasteiger partial charge is 0.378 e. The van der Waals surface area contributed by atoms with Gasteiger partial charge in [-0.1, -0.05) is 6.07 Å². The molecule has 3 fully saturated rings. The molecular weight excluding hydrogens is 418 g/mol. The molecule has 1 unspecified atom stereocenters. The number of hydrogen-bond donors (Lipinski definition) is 0. The van der Waals surface area contributed by atoms with Gasteiger partial charge in [0.15, 0.2) is 5.78 Å². The van der Waals surface area contributed by atoms with E-state index in [9.17, 15) is 9.59 Å². The van der Waals surface area contributed by atoms with Gasteiger partial charge in [-0.05, 0) is 56.5 Å². The molecule has 1 aromatic heterocycles. The van der Waals surface area contributed by atoms with Crippen molar-refractivity contribution < 1.29 is 14.3 Å². The minimum Gasteiger partial charge on any atom is -0.378 e. The van der Waals surface area contributed by atoms with Crippen molar-refractivity contribution in [3.05, 3.63) is 47.3 Å². The molecule has 0 aliphatic carbocycles. The van der Waals surface area contributed by atoms with Crippen LogP contribution in [-0.2, 0) is 11.3 Å². The standard InChI is InChI=1S/C25H33N5O3/c1-19-11-21(13-23(12-19)28-7-9-33-10-8-28)15-27-5-3-25(17-27)4-6-29(18-25)24(32)30-16-22(14-26-30)20(2)31/h11-14,16H,3-10,15,17-18H2,1-2H3. The highest BCUT2D eigenvalue weighted by molar-refractivity contribution is 5.94. The zero-order valence-electron chi connectivity index (χ0n) is 19.6. The van der Waals surface area contributed by atoms with Crippen molar-refractivity contribution in [1.82, 2.24) is 19.6 Å². The summed E-state index contributed by atoms with van der Waals surface area (Å²) >= 11 is 0. The third-order valence-electron chi connectivity index (χ3n) is 7.32. The molecule has 176 valence electrons. The second-order valence-corrected chi connectivity index (χ2v) is 9.92. The van der Waals surface area contributed by atoms with E-state index in [1.807, 2.05) is 4.90 Å². The van der Waals surface area contributed by atoms with E-state index in [1.54, 1.807) is 6.20 Å². The van der Waals surface area contributed by atoms with Crippen LogP contribution in [0.4, 0.5) is 10.5 Å². The first-order valence-electron chi connectivity index (χ1n) is 11.9. The maximum absolute atomic E-state index is 12.9. The number of aryl methyl sites for hydroxylation is 1. The van der Waals surface area contributed by atoms with Gasteiger partial charge in [-0.25, -0.2) is 4.79 Å². The summed E-state index contributed by atoms with van der Waals surface area (Å²) in [5.74, 6) is -0.0775. The van der Waals surface area contributed by atoms with Crippen LogP contribution in [0.3, 0.4) is 0 Å². The lowest BCUT2D eigenvalue weighted by molar-refractivity contribution is 0.101. The topological polar surface area (TPSA) is 70.9 Å². The molecule has 3 aliphatic rings. The van der Waals surface area contributed by atoms with Crippen LogP contribution in [-0.4, -0.2) is 83.9 Å². The predicted octanol–water partition coefficient (Wildman–Crippen LogP) is 2.80. The molecule has 1 amide bonds. The number of anilines is 1. The first-order valence-corrected chi connectivity index (χ1v) is 11.9. The summed E-state index contributed by atoms with van der Waals surface area (Å²) in [5.41, 5.74) is 4.57. The lowest BCUT2D eigenvalue weighted by Gasteiger charge is -2.30. The average Bonchev–Trinajstić information content (AvgIpc) is 3.54. The van der Waals surface area contributed by atoms with Crippen molar-refractivity contribution in [2.24, 2.45) is 5.41 Å². The molecule has 1 atom stereocenters. The van der Waals surface area contributed by atoms with Crippen LogP contribution in [0.1, 0.15) is 41.3 Å². The highest BCUT2D eigenvalue weighted by Crippen LogP contribution is 2.40. The van der Waals surface area contributed by atoms with Crippen molar-refractivity contribution in [2.75, 3.05) is 57.4 Å². The third kappa shape index (κ3) is 4.68. The summed E-state index contributed by atoms with van der Waals surface area (Å²) in [6, 6.07) is 6.77. The first kappa shape index (κ1) is 22.1. The number of morpholine rings is 1. The zero-order chi connectivity index (χ0) is 23.0. The number of ketones is 1. The van der Waals surface area contributed by atoms with Gasteiger partial charge in [0.25, 0.3) is 0 Å². The van der Waals surface area contributed by atoms with Gasteiger partial charge in [0.2, 0.25) is 0 Å². The summed E-state index contributed by atoms with van der Waals surface area (Å²) in [6.45, 7) is 11.6. The van der Waals surface area contributed by atoms with Crippen LogP contribution < -0.4 is 4.90 Å². The molecule has 0 N–H and O–H groups in total. The Bertz CT molecular complexity index is 1040. The van der Waals surface area contributed by atoms with E-state index in [0.29, 0.717) is 5.56 Å². The number of rotatable bonds is 4. The van der Waals surface area contributed by atoms with Crippen molar-refractivity contribution in [2.45, 2.75) is 33.2 Å². The van der Waals surface area contributed by atoms with Crippen molar-refractivity contribution >= 4 is 17.5 Å². The molecule has 4 heterocycles. The molecule has 3 aliphatic heterocycles. The Morgan fingerprint density at radius 1 is 1.06 bits per heavy atom. The van der Waals surface area contributed by atoms with Crippen LogP contribution >= 0.6 is 0 Å². The Hall–Kier alpha value is -2.71. The number of nitrogens with zero attached hydrogens (tertiary/aromatic N) is 5. The number of likely N-dealkylation sites (tertiary alicyclic amines) is 2. The monoisotopic (exact) mass is 451 g/mol. The zero-order valence-corrected chi connectivity index (χ0v) is 19.6. The Labute approximate surface area is 195 Å². The molecule has 0 saturated carbocycles. The van der Waals surface area contributed by atoms with Crippen LogP contribution in [0.5, 0.6) is 0 Å². The van der Waals surface area contributed by atoms with Gasteiger partial charge in [-0.3, -0.25) is 9.69 Å². The van der Waals surface area contributed by atoms with Crippen molar-refractivity contribution in [3.8, 4) is 0 Å². The van der Waals surface area contributed by atoms with Gasteiger partial charge in [0.1, 0.15) is 0 Å². The molecule has 0 bridgehead atoms. The molecule has 5 rings (SSSR count). The van der Waals surface area contributed by atoms with Gasteiger partial charge < -0.3 is 14.5 Å². The number of carbonyl (C=O) groups is 2. The van der Waals surface area contributed by atoms with E-state index in [0.717, 1.165) is 71.9 Å². The number of hydrogen-bond acceptors (Lipinski definition) is 6. The second-order valence-electron chi connectivity index (χ2n) is 9.92. The van der Waals surface area contributed by atoms with E-state index < -0.39 is 0 Å². The quantitative estimate of drug-likeness (QED) is 0.666. The average molecular weight is 452 g/mol. The van der Waals surface area contributed by atoms with Gasteiger partial charge in [0.05, 0.1) is 25.0 Å². The van der Waals surface area contributed by atoms with E-state index in [1.165, 1.54) is 34.6 Å². The fourth-order valence-corrected chi connectivity index (χ4v) is 5.54. The van der Waals surface area contributed by atoms with Crippen LogP contribution in [0.2, 0.25) is 0 Å². The smallest absolute Gasteiger partial charge is 0.344 e. The number of aromatic nitrogens is 2. The Morgan fingerprint density at radius 3 is 2.61 bits per heavy atom. The predicted molar refractivity (Wildman–Crippen MR) is 126 cm³/mol. The number of carbonyl (C=O) groups excluding carboxylic acids is 2. The Kier molecular flexibility index (Phi) is 5.97. The summed E-state index contributed by atoms with van der Waals surface area (Å²) in [5, 5.41) is 4.11. The highest BCUT2D eigenvalue weighted by Gasteiger charge is 2.45. The van der Waals surface area contributed by atoms with E-state index in [-0.39, 0.29) is 17.2 Å². The van der Waals surface area contributed by atoms with E-state index in [4.69, 9.17) is 4.74 Å². The first-order chi connectivity index (χ1) is 15.9. The minimum absolute atomic E-state index is 0.0775. The number of ether oxygens (including phenoxy) is 1. The van der Waals surface area contributed by atoms with Gasteiger partial charge in [-0.15, -0.1) is 0 Å². The summed E-state index contributed by atoms with van der Waals surface area (Å²) in [4.78, 5) is 31.3. The van der Waals surface area contributed by atoms with E-state index >= 15 is 0 Å². The fourth-order valence-electron chi connectivity index (χ4n) is 5.54. The maximum Gasteiger partial charge on any atom is 0.344 e. The number of Topliss-reactive ketones (excluding diaryl/α,β-unsaturated/α-hetero) is 1. The second kappa shape index (κ2) is 8.91. The summed E-state index contributed by atoms with van der Waals surface area (Å²) in [7, 11) is 0. The normalized spacial score (nSPS) is 23.6. The number of amides is 1. The van der Waals surface area contributed by atoms with Gasteiger partial charge in [-0.2, -0.15) is 9.78 Å². The molecule has 0 radical (unpaired) electrons. The van der Waals surface area contributed by atoms with E-state index in [2.05, 4.69) is 40.0 Å². The van der Waals surface area contributed by atoms with Crippen LogP contribution in [0.25, 0.3) is 0 Å². The molecule has 8 nitrogen and oxygen atoms in total. The molecule has 8 heteroatoms. The lowest BCUT2D eigenvalue weighted by Crippen LogP contribution is -2.36. The molecule has 3 saturated heterocycles. The number of benzene rings is 1. The molecule has 33 heavy (non-hydrogen) atoms. The van der Waals surface area contributed by atoms with Gasteiger partial charge in [0, 0.05) is 56.6 Å². The maximum atomic E-state index is 12.9. The molecule has 1 aromatic carbocycles. The molecular formula is C25H33N5O3. The van der Waals surface area contributed by atoms with Crippen molar-refractivity contribution in [3.63, 3.8) is 0 Å². The molecule has 2 aromatic rings. The van der Waals surface area contributed by atoms with Crippen LogP contribution in [0.15, 0.2) is 30.6 Å². The Morgan fingerprint density at radius 2 is 1.85 bits per heavy atom. The fraction of sp³-hybridized carbons (Fsp3) is 0.560. The summed E-state index contributed by atoms with van der Waals surface area (Å²) in [6.07, 6.45) is 5.14. The third-order valence-corrected chi connectivity index (χ3v) is 7.32. The van der Waals surface area contributed by atoms with Crippen LogP contribution in [0, 0.1) is 12.3 Å².